The average molecular weight is 317 g/mol. The minimum Gasteiger partial charge on any atom is -0.301 e. The smallest absolute Gasteiger partial charge is 0.276 e. The van der Waals surface area contributed by atoms with Gasteiger partial charge in [0.15, 0.2) is 0 Å². The minimum atomic E-state index is -0.318. The second-order valence-corrected chi connectivity index (χ2v) is 6.49. The Hall–Kier alpha value is -0.590. The molecule has 0 aromatic heterocycles. The summed E-state index contributed by atoms with van der Waals surface area (Å²) in [7, 11) is 0. The van der Waals surface area contributed by atoms with Crippen LogP contribution < -0.4 is 5.32 Å². The summed E-state index contributed by atoms with van der Waals surface area (Å²) in [4.78, 5) is 10.7. The Morgan fingerprint density at radius 3 is 3.00 bits per heavy atom. The maximum Gasteiger partial charge on any atom is 0.276 e. The van der Waals surface area contributed by atoms with Gasteiger partial charge in [-0.1, -0.05) is 22.9 Å². The molecule has 1 aromatic carbocycles. The predicted molar refractivity (Wildman–Crippen MR) is 73.2 cm³/mol. The van der Waals surface area contributed by atoms with E-state index in [0.717, 1.165) is 23.0 Å². The third-order valence-electron chi connectivity index (χ3n) is 2.72. The predicted octanol–water partition coefficient (Wildman–Crippen LogP) is 3.47. The molecule has 2 rings (SSSR count). The highest BCUT2D eigenvalue weighted by Crippen LogP contribution is 2.39. The SMILES string of the molecule is CC1CCNC(c2ccc(Br)cc2[N+](=O)[O-])S1. The molecule has 1 aromatic rings. The van der Waals surface area contributed by atoms with Gasteiger partial charge in [-0.15, -0.1) is 11.8 Å². The molecule has 1 N–H and O–H groups in total. The number of rotatable bonds is 2. The standard InChI is InChI=1S/C11H13BrN2O2S/c1-7-4-5-13-11(17-7)9-3-2-8(12)6-10(9)14(15)16/h2-3,6-7,11,13H,4-5H2,1H3. The van der Waals surface area contributed by atoms with Crippen LogP contribution in [0.3, 0.4) is 0 Å². The summed E-state index contributed by atoms with van der Waals surface area (Å²) < 4.78 is 0.738. The Morgan fingerprint density at radius 1 is 1.59 bits per heavy atom. The van der Waals surface area contributed by atoms with Crippen LogP contribution in [-0.4, -0.2) is 16.7 Å². The van der Waals surface area contributed by atoms with E-state index in [9.17, 15) is 10.1 Å². The summed E-state index contributed by atoms with van der Waals surface area (Å²) in [6, 6.07) is 5.24. The first-order valence-electron chi connectivity index (χ1n) is 5.40. The maximum absolute atomic E-state index is 11.0. The molecular weight excluding hydrogens is 304 g/mol. The van der Waals surface area contributed by atoms with Crippen LogP contribution in [-0.2, 0) is 0 Å². The van der Waals surface area contributed by atoms with Gasteiger partial charge in [0.25, 0.3) is 5.69 Å². The molecule has 17 heavy (non-hydrogen) atoms. The van der Waals surface area contributed by atoms with Crippen LogP contribution in [0.15, 0.2) is 22.7 Å². The molecule has 0 radical (unpaired) electrons. The molecule has 4 nitrogen and oxygen atoms in total. The number of hydrogen-bond acceptors (Lipinski definition) is 4. The van der Waals surface area contributed by atoms with Crippen LogP contribution in [0.2, 0.25) is 0 Å². The van der Waals surface area contributed by atoms with Gasteiger partial charge in [0, 0.05) is 15.8 Å². The summed E-state index contributed by atoms with van der Waals surface area (Å²) in [5.74, 6) is 0. The normalized spacial score (nSPS) is 24.6. The molecule has 1 aliphatic heterocycles. The van der Waals surface area contributed by atoms with Gasteiger partial charge < -0.3 is 5.32 Å². The fourth-order valence-corrected chi connectivity index (χ4v) is 3.47. The number of nitro groups is 1. The monoisotopic (exact) mass is 316 g/mol. The first kappa shape index (κ1) is 12.9. The highest BCUT2D eigenvalue weighted by Gasteiger charge is 2.26. The van der Waals surface area contributed by atoms with Crippen LogP contribution >= 0.6 is 27.7 Å². The van der Waals surface area contributed by atoms with Gasteiger partial charge in [-0.2, -0.15) is 0 Å². The third kappa shape index (κ3) is 3.00. The lowest BCUT2D eigenvalue weighted by Crippen LogP contribution is -2.29. The quantitative estimate of drug-likeness (QED) is 0.670. The molecule has 2 unspecified atom stereocenters. The molecule has 0 amide bonds. The fourth-order valence-electron chi connectivity index (χ4n) is 1.85. The Kier molecular flexibility index (Phi) is 4.06. The van der Waals surface area contributed by atoms with E-state index in [1.54, 1.807) is 17.8 Å². The van der Waals surface area contributed by atoms with E-state index in [0.29, 0.717) is 5.25 Å². The van der Waals surface area contributed by atoms with Gasteiger partial charge in [0.2, 0.25) is 0 Å². The summed E-state index contributed by atoms with van der Waals surface area (Å²) >= 11 is 5.01. The number of nitrogens with one attached hydrogen (secondary N) is 1. The Morgan fingerprint density at radius 2 is 2.35 bits per heavy atom. The van der Waals surface area contributed by atoms with Gasteiger partial charge in [0.1, 0.15) is 0 Å². The zero-order valence-corrected chi connectivity index (χ0v) is 11.8. The second-order valence-electron chi connectivity index (χ2n) is 4.03. The number of benzene rings is 1. The third-order valence-corrected chi connectivity index (χ3v) is 4.61. The minimum absolute atomic E-state index is 0.0206. The summed E-state index contributed by atoms with van der Waals surface area (Å²) in [6.45, 7) is 3.06. The Balaban J connectivity index is 2.33. The molecule has 1 heterocycles. The summed E-state index contributed by atoms with van der Waals surface area (Å²) in [5.41, 5.74) is 0.938. The second kappa shape index (κ2) is 5.37. The van der Waals surface area contributed by atoms with Crippen molar-refractivity contribution < 1.29 is 4.92 Å². The van der Waals surface area contributed by atoms with Gasteiger partial charge in [-0.25, -0.2) is 0 Å². The Bertz CT molecular complexity index is 441. The molecule has 0 saturated carbocycles. The van der Waals surface area contributed by atoms with Crippen molar-refractivity contribution in [2.75, 3.05) is 6.54 Å². The molecule has 1 fully saturated rings. The summed E-state index contributed by atoms with van der Waals surface area (Å²) in [6.07, 6.45) is 1.10. The van der Waals surface area contributed by atoms with E-state index in [2.05, 4.69) is 28.2 Å². The molecular formula is C11H13BrN2O2S. The van der Waals surface area contributed by atoms with Gasteiger partial charge >= 0.3 is 0 Å². The van der Waals surface area contributed by atoms with E-state index in [4.69, 9.17) is 0 Å². The van der Waals surface area contributed by atoms with Crippen molar-refractivity contribution >= 4 is 33.4 Å². The molecule has 2 atom stereocenters. The van der Waals surface area contributed by atoms with E-state index in [1.807, 2.05) is 12.1 Å². The van der Waals surface area contributed by atoms with E-state index in [-0.39, 0.29) is 16.0 Å². The fraction of sp³-hybridized carbons (Fsp3) is 0.455. The number of thioether (sulfide) groups is 1. The first-order valence-corrected chi connectivity index (χ1v) is 7.14. The Labute approximate surface area is 112 Å². The van der Waals surface area contributed by atoms with Crippen LogP contribution in [0, 0.1) is 10.1 Å². The molecule has 6 heteroatoms. The highest BCUT2D eigenvalue weighted by molar-refractivity contribution is 9.10. The lowest BCUT2D eigenvalue weighted by molar-refractivity contribution is -0.385. The molecule has 1 aliphatic rings. The molecule has 0 bridgehead atoms. The van der Waals surface area contributed by atoms with Crippen LogP contribution in [0.25, 0.3) is 0 Å². The zero-order valence-electron chi connectivity index (χ0n) is 9.35. The van der Waals surface area contributed by atoms with Crippen LogP contribution in [0.5, 0.6) is 0 Å². The lowest BCUT2D eigenvalue weighted by Gasteiger charge is -2.27. The molecule has 0 aliphatic carbocycles. The number of halogens is 1. The number of nitro benzene ring substituents is 1. The largest absolute Gasteiger partial charge is 0.301 e. The summed E-state index contributed by atoms with van der Waals surface area (Å²) in [5, 5.41) is 14.9. The van der Waals surface area contributed by atoms with Gasteiger partial charge in [-0.05, 0) is 25.1 Å². The van der Waals surface area contributed by atoms with E-state index >= 15 is 0 Å². The van der Waals surface area contributed by atoms with Crippen molar-refractivity contribution in [3.63, 3.8) is 0 Å². The van der Waals surface area contributed by atoms with Crippen molar-refractivity contribution in [1.29, 1.82) is 0 Å². The molecule has 92 valence electrons. The first-order chi connectivity index (χ1) is 8.08. The molecule has 0 spiro atoms. The zero-order chi connectivity index (χ0) is 12.4. The molecule has 1 saturated heterocycles. The highest BCUT2D eigenvalue weighted by atomic mass is 79.9. The van der Waals surface area contributed by atoms with Crippen molar-refractivity contribution in [2.24, 2.45) is 0 Å². The number of nitrogens with zero attached hydrogens (tertiary/aromatic N) is 1. The van der Waals surface area contributed by atoms with E-state index in [1.165, 1.54) is 0 Å². The van der Waals surface area contributed by atoms with Gasteiger partial charge in [-0.3, -0.25) is 10.1 Å². The van der Waals surface area contributed by atoms with Crippen molar-refractivity contribution in [1.82, 2.24) is 5.32 Å². The van der Waals surface area contributed by atoms with Crippen molar-refractivity contribution in [2.45, 2.75) is 24.0 Å². The maximum atomic E-state index is 11.0. The van der Waals surface area contributed by atoms with Gasteiger partial charge in [0.05, 0.1) is 15.9 Å². The average Bonchev–Trinajstić information content (AvgIpc) is 2.28. The van der Waals surface area contributed by atoms with E-state index < -0.39 is 0 Å². The van der Waals surface area contributed by atoms with Crippen molar-refractivity contribution in [3.05, 3.63) is 38.3 Å². The lowest BCUT2D eigenvalue weighted by atomic mass is 10.1. The number of hydrogen-bond donors (Lipinski definition) is 1. The topological polar surface area (TPSA) is 55.2 Å². The van der Waals surface area contributed by atoms with Crippen LogP contribution in [0.4, 0.5) is 5.69 Å². The van der Waals surface area contributed by atoms with Crippen molar-refractivity contribution in [3.8, 4) is 0 Å². The van der Waals surface area contributed by atoms with Crippen LogP contribution in [0.1, 0.15) is 24.3 Å².